The van der Waals surface area contributed by atoms with Crippen molar-refractivity contribution in [1.29, 1.82) is 0 Å². The SMILES string of the molecule is CCCCCCCCCCCCCCCCCCCCCC(=O)OCC(O)OC(=O)CCCCCCCCCCCCCCCCCCCCC. The van der Waals surface area contributed by atoms with E-state index in [-0.39, 0.29) is 12.6 Å². The second-order valence-electron chi connectivity index (χ2n) is 15.9. The quantitative estimate of drug-likeness (QED) is 0.0385. The Morgan fingerprint density at radius 3 is 0.824 bits per heavy atom. The molecule has 5 nitrogen and oxygen atoms in total. The summed E-state index contributed by atoms with van der Waals surface area (Å²) in [4.78, 5) is 24.0. The number of rotatable bonds is 43. The molecule has 304 valence electrons. The molecule has 0 aliphatic carbocycles. The Balaban J connectivity index is 3.35. The van der Waals surface area contributed by atoms with Crippen molar-refractivity contribution in [2.45, 2.75) is 277 Å². The maximum Gasteiger partial charge on any atom is 0.308 e. The molecular formula is C46H90O5. The minimum Gasteiger partial charge on any atom is -0.459 e. The van der Waals surface area contributed by atoms with Gasteiger partial charge in [0.1, 0.15) is 0 Å². The number of aliphatic hydroxyl groups is 1. The number of esters is 2. The average molecular weight is 723 g/mol. The number of hydrogen-bond acceptors (Lipinski definition) is 5. The largest absolute Gasteiger partial charge is 0.459 e. The molecule has 0 aliphatic heterocycles. The van der Waals surface area contributed by atoms with Crippen molar-refractivity contribution in [3.05, 3.63) is 0 Å². The number of hydrogen-bond donors (Lipinski definition) is 1. The van der Waals surface area contributed by atoms with Gasteiger partial charge >= 0.3 is 11.9 Å². The van der Waals surface area contributed by atoms with Crippen LogP contribution in [0, 0.1) is 0 Å². The fourth-order valence-electron chi connectivity index (χ4n) is 7.18. The molecule has 0 saturated heterocycles. The molecule has 1 N–H and O–H groups in total. The molecule has 0 spiro atoms. The topological polar surface area (TPSA) is 72.8 Å². The van der Waals surface area contributed by atoms with Gasteiger partial charge in [0, 0.05) is 12.8 Å². The summed E-state index contributed by atoms with van der Waals surface area (Å²) in [7, 11) is 0. The minimum absolute atomic E-state index is 0.275. The molecule has 51 heavy (non-hydrogen) atoms. The molecule has 0 heterocycles. The average Bonchev–Trinajstić information content (AvgIpc) is 3.12. The van der Waals surface area contributed by atoms with E-state index in [0.717, 1.165) is 38.5 Å². The highest BCUT2D eigenvalue weighted by Gasteiger charge is 2.13. The predicted molar refractivity (Wildman–Crippen MR) is 219 cm³/mol. The highest BCUT2D eigenvalue weighted by atomic mass is 16.7. The third-order valence-corrected chi connectivity index (χ3v) is 10.6. The van der Waals surface area contributed by atoms with Crippen LogP contribution in [-0.4, -0.2) is 29.9 Å². The number of carbonyl (C=O) groups is 2. The molecule has 0 bridgehead atoms. The lowest BCUT2D eigenvalue weighted by Crippen LogP contribution is -2.24. The highest BCUT2D eigenvalue weighted by Crippen LogP contribution is 2.17. The zero-order chi connectivity index (χ0) is 37.1. The molecule has 0 radical (unpaired) electrons. The first kappa shape index (κ1) is 49.9. The Bertz CT molecular complexity index is 695. The monoisotopic (exact) mass is 723 g/mol. The Kier molecular flexibility index (Phi) is 42.4. The molecule has 1 unspecified atom stereocenters. The molecule has 0 aromatic rings. The van der Waals surface area contributed by atoms with E-state index >= 15 is 0 Å². The van der Waals surface area contributed by atoms with Crippen molar-refractivity contribution >= 4 is 11.9 Å². The van der Waals surface area contributed by atoms with Gasteiger partial charge < -0.3 is 14.6 Å². The van der Waals surface area contributed by atoms with Crippen LogP contribution in [0.4, 0.5) is 0 Å². The number of unbranched alkanes of at least 4 members (excludes halogenated alkanes) is 36. The lowest BCUT2D eigenvalue weighted by atomic mass is 10.0. The van der Waals surface area contributed by atoms with Crippen molar-refractivity contribution in [3.63, 3.8) is 0 Å². The van der Waals surface area contributed by atoms with Gasteiger partial charge in [-0.2, -0.15) is 0 Å². The normalized spacial score (nSPS) is 12.0. The second kappa shape index (κ2) is 43.3. The van der Waals surface area contributed by atoms with Crippen LogP contribution in [0.1, 0.15) is 271 Å². The molecule has 0 fully saturated rings. The number of ether oxygens (including phenoxy) is 2. The third-order valence-electron chi connectivity index (χ3n) is 10.6. The minimum atomic E-state index is -1.37. The standard InChI is InChI=1S/C46H90O5/c1-3-5-7-9-11-13-15-17-19-21-23-25-27-29-31-33-35-37-39-41-44(47)50-43-46(49)51-45(48)42-40-38-36-34-32-30-28-26-24-22-20-18-16-14-12-10-8-6-4-2/h46,49H,3-43H2,1-2H3. The van der Waals surface area contributed by atoms with Crippen molar-refractivity contribution in [3.8, 4) is 0 Å². The number of carbonyl (C=O) groups excluding carboxylic acids is 2. The molecule has 0 aromatic carbocycles. The van der Waals surface area contributed by atoms with Crippen molar-refractivity contribution < 1.29 is 24.2 Å². The van der Waals surface area contributed by atoms with Gasteiger partial charge in [-0.15, -0.1) is 0 Å². The Hall–Kier alpha value is -1.10. The van der Waals surface area contributed by atoms with Crippen LogP contribution in [0.25, 0.3) is 0 Å². The number of aliphatic hydroxyl groups excluding tert-OH is 1. The van der Waals surface area contributed by atoms with E-state index in [2.05, 4.69) is 13.8 Å². The zero-order valence-electron chi connectivity index (χ0n) is 34.6. The van der Waals surface area contributed by atoms with E-state index in [1.807, 2.05) is 0 Å². The fourth-order valence-corrected chi connectivity index (χ4v) is 7.18. The van der Waals surface area contributed by atoms with Crippen LogP contribution >= 0.6 is 0 Å². The first-order valence-electron chi connectivity index (χ1n) is 23.1. The zero-order valence-corrected chi connectivity index (χ0v) is 34.6. The Morgan fingerprint density at radius 1 is 0.353 bits per heavy atom. The summed E-state index contributed by atoms with van der Waals surface area (Å²) in [5.74, 6) is -0.736. The summed E-state index contributed by atoms with van der Waals surface area (Å²) in [5.41, 5.74) is 0. The molecule has 0 saturated carbocycles. The molecule has 0 rings (SSSR count). The van der Waals surface area contributed by atoms with Gasteiger partial charge in [0.25, 0.3) is 0 Å². The van der Waals surface area contributed by atoms with Gasteiger partial charge in [0.15, 0.2) is 6.61 Å². The molecular weight excluding hydrogens is 633 g/mol. The first-order valence-corrected chi connectivity index (χ1v) is 23.1. The van der Waals surface area contributed by atoms with Crippen LogP contribution in [0.5, 0.6) is 0 Å². The van der Waals surface area contributed by atoms with Crippen LogP contribution in [0.2, 0.25) is 0 Å². The molecule has 5 heteroatoms. The fraction of sp³-hybridized carbons (Fsp3) is 0.957. The maximum atomic E-state index is 12.0. The predicted octanol–water partition coefficient (Wildman–Crippen LogP) is 15.0. The third kappa shape index (κ3) is 43.2. The van der Waals surface area contributed by atoms with Crippen LogP contribution < -0.4 is 0 Å². The van der Waals surface area contributed by atoms with Crippen molar-refractivity contribution in [2.75, 3.05) is 6.61 Å². The maximum absolute atomic E-state index is 12.0. The summed E-state index contributed by atoms with van der Waals surface area (Å²) in [6, 6.07) is 0. The molecule has 0 amide bonds. The molecule has 1 atom stereocenters. The molecule has 0 aliphatic rings. The van der Waals surface area contributed by atoms with Crippen molar-refractivity contribution in [1.82, 2.24) is 0 Å². The Morgan fingerprint density at radius 2 is 0.569 bits per heavy atom. The summed E-state index contributed by atoms with van der Waals surface area (Å²) >= 11 is 0. The van der Waals surface area contributed by atoms with Crippen molar-refractivity contribution in [2.24, 2.45) is 0 Å². The van der Waals surface area contributed by atoms with Gasteiger partial charge in [-0.1, -0.05) is 245 Å². The van der Waals surface area contributed by atoms with E-state index in [1.165, 1.54) is 205 Å². The second-order valence-corrected chi connectivity index (χ2v) is 15.9. The van der Waals surface area contributed by atoms with Gasteiger partial charge in [0.05, 0.1) is 0 Å². The van der Waals surface area contributed by atoms with Crippen LogP contribution in [-0.2, 0) is 19.1 Å². The van der Waals surface area contributed by atoms with Gasteiger partial charge in [0.2, 0.25) is 6.29 Å². The summed E-state index contributed by atoms with van der Waals surface area (Å²) in [6.07, 6.45) is 49.5. The molecule has 0 aromatic heterocycles. The van der Waals surface area contributed by atoms with Gasteiger partial charge in [-0.3, -0.25) is 9.59 Å². The van der Waals surface area contributed by atoms with E-state index in [9.17, 15) is 14.7 Å². The summed E-state index contributed by atoms with van der Waals surface area (Å²) in [5, 5.41) is 9.94. The van der Waals surface area contributed by atoms with E-state index in [0.29, 0.717) is 12.8 Å². The smallest absolute Gasteiger partial charge is 0.308 e. The lowest BCUT2D eigenvalue weighted by Gasteiger charge is -2.12. The summed E-state index contributed by atoms with van der Waals surface area (Å²) in [6.45, 7) is 4.29. The van der Waals surface area contributed by atoms with Gasteiger partial charge in [-0.25, -0.2) is 0 Å². The van der Waals surface area contributed by atoms with E-state index in [4.69, 9.17) is 9.47 Å². The van der Waals surface area contributed by atoms with E-state index < -0.39 is 12.3 Å². The van der Waals surface area contributed by atoms with Crippen LogP contribution in [0.3, 0.4) is 0 Å². The lowest BCUT2D eigenvalue weighted by molar-refractivity contribution is -0.182. The summed E-state index contributed by atoms with van der Waals surface area (Å²) < 4.78 is 10.1. The Labute approximate surface area is 319 Å². The van der Waals surface area contributed by atoms with E-state index in [1.54, 1.807) is 0 Å². The first-order chi connectivity index (χ1) is 25.1. The highest BCUT2D eigenvalue weighted by molar-refractivity contribution is 5.70. The van der Waals surface area contributed by atoms with Gasteiger partial charge in [-0.05, 0) is 12.8 Å². The van der Waals surface area contributed by atoms with Crippen LogP contribution in [0.15, 0.2) is 0 Å².